The fourth-order valence-electron chi connectivity index (χ4n) is 3.09. The number of sulfonamides is 1. The molecule has 2 aromatic rings. The van der Waals surface area contributed by atoms with Crippen molar-refractivity contribution >= 4 is 16.0 Å². The first-order valence-electron chi connectivity index (χ1n) is 8.25. The highest BCUT2D eigenvalue weighted by Crippen LogP contribution is 2.23. The van der Waals surface area contributed by atoms with E-state index in [1.807, 2.05) is 4.90 Å². The van der Waals surface area contributed by atoms with E-state index in [-0.39, 0.29) is 17.9 Å². The molecule has 2 heterocycles. The third-order valence-corrected chi connectivity index (χ3v) is 5.23. The number of anilines is 1. The van der Waals surface area contributed by atoms with Crippen LogP contribution in [0.25, 0.3) is 0 Å². The standard InChI is InChI=1S/C16H21F2N5O2S/c1-22-15(8-12-13(17)4-3-5-14(12)18)20-21-16(22)23-7-6-11(10-23)9-19-26(2,24)25/h3-5,11,19H,6-10H2,1-2H3. The second kappa shape index (κ2) is 7.28. The van der Waals surface area contributed by atoms with Crippen LogP contribution >= 0.6 is 0 Å². The van der Waals surface area contributed by atoms with Crippen molar-refractivity contribution in [2.45, 2.75) is 12.8 Å². The molecule has 7 nitrogen and oxygen atoms in total. The van der Waals surface area contributed by atoms with E-state index in [2.05, 4.69) is 14.9 Å². The smallest absolute Gasteiger partial charge is 0.226 e. The number of nitrogens with zero attached hydrogens (tertiary/aromatic N) is 4. The lowest BCUT2D eigenvalue weighted by Gasteiger charge is -2.17. The Kier molecular flexibility index (Phi) is 5.24. The maximum atomic E-state index is 13.8. The molecule has 0 aliphatic carbocycles. The Labute approximate surface area is 151 Å². The molecule has 1 saturated heterocycles. The van der Waals surface area contributed by atoms with Crippen molar-refractivity contribution < 1.29 is 17.2 Å². The van der Waals surface area contributed by atoms with Crippen LogP contribution in [0, 0.1) is 17.6 Å². The molecule has 0 saturated carbocycles. The first kappa shape index (κ1) is 18.7. The van der Waals surface area contributed by atoms with Crippen LogP contribution < -0.4 is 9.62 Å². The normalized spacial score (nSPS) is 17.8. The van der Waals surface area contributed by atoms with Crippen molar-refractivity contribution in [3.63, 3.8) is 0 Å². The summed E-state index contributed by atoms with van der Waals surface area (Å²) >= 11 is 0. The fourth-order valence-corrected chi connectivity index (χ4v) is 3.63. The van der Waals surface area contributed by atoms with Gasteiger partial charge in [-0.1, -0.05) is 6.07 Å². The minimum atomic E-state index is -3.21. The predicted molar refractivity (Wildman–Crippen MR) is 93.3 cm³/mol. The van der Waals surface area contributed by atoms with Gasteiger partial charge in [0.25, 0.3) is 0 Å². The number of halogens is 2. The molecule has 1 aromatic heterocycles. The molecule has 1 fully saturated rings. The van der Waals surface area contributed by atoms with Crippen LogP contribution in [0.4, 0.5) is 14.7 Å². The number of benzene rings is 1. The van der Waals surface area contributed by atoms with Crippen molar-refractivity contribution in [3.05, 3.63) is 41.2 Å². The van der Waals surface area contributed by atoms with Crippen LogP contribution in [-0.2, 0) is 23.5 Å². The lowest BCUT2D eigenvalue weighted by Crippen LogP contribution is -2.30. The summed E-state index contributed by atoms with van der Waals surface area (Å²) in [5, 5.41) is 8.23. The predicted octanol–water partition coefficient (Wildman–Crippen LogP) is 1.06. The molecule has 26 heavy (non-hydrogen) atoms. The molecule has 1 aliphatic heterocycles. The average Bonchev–Trinajstić information content (AvgIpc) is 3.15. The van der Waals surface area contributed by atoms with Crippen LogP contribution in [0.1, 0.15) is 17.8 Å². The number of hydrogen-bond acceptors (Lipinski definition) is 5. The van der Waals surface area contributed by atoms with E-state index >= 15 is 0 Å². The number of aromatic nitrogens is 3. The molecule has 1 N–H and O–H groups in total. The van der Waals surface area contributed by atoms with Crippen LogP contribution in [0.5, 0.6) is 0 Å². The molecule has 1 atom stereocenters. The third-order valence-electron chi connectivity index (χ3n) is 4.54. The minimum absolute atomic E-state index is 0.00884. The van der Waals surface area contributed by atoms with E-state index in [0.717, 1.165) is 19.2 Å². The maximum absolute atomic E-state index is 13.8. The van der Waals surface area contributed by atoms with Gasteiger partial charge in [-0.2, -0.15) is 0 Å². The zero-order valence-corrected chi connectivity index (χ0v) is 15.4. The molecule has 142 valence electrons. The van der Waals surface area contributed by atoms with Crippen LogP contribution in [0.2, 0.25) is 0 Å². The summed E-state index contributed by atoms with van der Waals surface area (Å²) in [7, 11) is -1.46. The molecule has 0 spiro atoms. The van der Waals surface area contributed by atoms with Crippen molar-refractivity contribution in [1.29, 1.82) is 0 Å². The zero-order chi connectivity index (χ0) is 18.9. The topological polar surface area (TPSA) is 80.1 Å². The summed E-state index contributed by atoms with van der Waals surface area (Å²) in [6.45, 7) is 1.74. The van der Waals surface area contributed by atoms with E-state index in [1.165, 1.54) is 18.2 Å². The summed E-state index contributed by atoms with van der Waals surface area (Å²) in [5.74, 6) is 0.0273. The summed E-state index contributed by atoms with van der Waals surface area (Å²) in [6, 6.07) is 3.76. The van der Waals surface area contributed by atoms with Crippen LogP contribution in [-0.4, -0.2) is 49.1 Å². The van der Waals surface area contributed by atoms with Gasteiger partial charge in [0.2, 0.25) is 16.0 Å². The Morgan fingerprint density at radius 1 is 1.27 bits per heavy atom. The first-order chi connectivity index (χ1) is 12.2. The van der Waals surface area contributed by atoms with E-state index in [4.69, 9.17) is 0 Å². The maximum Gasteiger partial charge on any atom is 0.226 e. The highest BCUT2D eigenvalue weighted by Gasteiger charge is 2.27. The summed E-state index contributed by atoms with van der Waals surface area (Å²) in [5.41, 5.74) is -0.0359. The van der Waals surface area contributed by atoms with Gasteiger partial charge in [0, 0.05) is 38.7 Å². The molecular formula is C16H21F2N5O2S. The number of rotatable bonds is 6. The number of hydrogen-bond donors (Lipinski definition) is 1. The van der Waals surface area contributed by atoms with E-state index < -0.39 is 21.7 Å². The van der Waals surface area contributed by atoms with Crippen molar-refractivity contribution in [2.75, 3.05) is 30.8 Å². The van der Waals surface area contributed by atoms with E-state index in [1.54, 1.807) is 11.6 Å². The molecule has 1 aliphatic rings. The molecule has 1 unspecified atom stereocenters. The Hall–Kier alpha value is -2.07. The second-order valence-corrected chi connectivity index (χ2v) is 8.41. The van der Waals surface area contributed by atoms with Gasteiger partial charge >= 0.3 is 0 Å². The van der Waals surface area contributed by atoms with Gasteiger partial charge in [-0.05, 0) is 24.5 Å². The highest BCUT2D eigenvalue weighted by atomic mass is 32.2. The molecule has 10 heteroatoms. The summed E-state index contributed by atoms with van der Waals surface area (Å²) in [6.07, 6.45) is 1.97. The average molecular weight is 385 g/mol. The molecule has 0 bridgehead atoms. The van der Waals surface area contributed by atoms with E-state index in [9.17, 15) is 17.2 Å². The van der Waals surface area contributed by atoms with E-state index in [0.29, 0.717) is 24.9 Å². The minimum Gasteiger partial charge on any atom is -0.341 e. The van der Waals surface area contributed by atoms with Crippen LogP contribution in [0.3, 0.4) is 0 Å². The van der Waals surface area contributed by atoms with Gasteiger partial charge in [0.15, 0.2) is 0 Å². The Morgan fingerprint density at radius 2 is 1.96 bits per heavy atom. The first-order valence-corrected chi connectivity index (χ1v) is 10.1. The lowest BCUT2D eigenvalue weighted by atomic mass is 10.1. The van der Waals surface area contributed by atoms with Gasteiger partial charge in [0.05, 0.1) is 6.26 Å². The second-order valence-electron chi connectivity index (χ2n) is 6.57. The Balaban J connectivity index is 1.70. The Bertz CT molecular complexity index is 880. The van der Waals surface area contributed by atoms with Crippen molar-refractivity contribution in [1.82, 2.24) is 19.5 Å². The molecule has 0 amide bonds. The molecule has 0 radical (unpaired) electrons. The molecule has 3 rings (SSSR count). The molecular weight excluding hydrogens is 364 g/mol. The summed E-state index contributed by atoms with van der Waals surface area (Å²) in [4.78, 5) is 2.00. The van der Waals surface area contributed by atoms with Crippen molar-refractivity contribution in [2.24, 2.45) is 13.0 Å². The van der Waals surface area contributed by atoms with Crippen LogP contribution in [0.15, 0.2) is 18.2 Å². The highest BCUT2D eigenvalue weighted by molar-refractivity contribution is 7.88. The van der Waals surface area contributed by atoms with Gasteiger partial charge in [-0.25, -0.2) is 21.9 Å². The van der Waals surface area contributed by atoms with Gasteiger partial charge in [0.1, 0.15) is 17.5 Å². The Morgan fingerprint density at radius 3 is 2.62 bits per heavy atom. The molecule has 1 aromatic carbocycles. The largest absolute Gasteiger partial charge is 0.341 e. The van der Waals surface area contributed by atoms with Crippen molar-refractivity contribution in [3.8, 4) is 0 Å². The quantitative estimate of drug-likeness (QED) is 0.804. The summed E-state index contributed by atoms with van der Waals surface area (Å²) < 4.78 is 54.4. The monoisotopic (exact) mass is 385 g/mol. The van der Waals surface area contributed by atoms with Gasteiger partial charge in [-0.3, -0.25) is 0 Å². The lowest BCUT2D eigenvalue weighted by molar-refractivity contribution is 0.544. The fraction of sp³-hybridized carbons (Fsp3) is 0.500. The zero-order valence-electron chi connectivity index (χ0n) is 14.6. The number of nitrogens with one attached hydrogen (secondary N) is 1. The third kappa shape index (κ3) is 4.18. The SMILES string of the molecule is Cn1c(Cc2c(F)cccc2F)nnc1N1CCC(CNS(C)(=O)=O)C1. The van der Waals surface area contributed by atoms with Gasteiger partial charge < -0.3 is 9.47 Å². The van der Waals surface area contributed by atoms with Gasteiger partial charge in [-0.15, -0.1) is 10.2 Å².